The number of benzene rings is 4. The van der Waals surface area contributed by atoms with Crippen molar-refractivity contribution in [2.45, 2.75) is 22.6 Å². The van der Waals surface area contributed by atoms with Gasteiger partial charge in [-0.25, -0.2) is 9.98 Å². The molecule has 52 heavy (non-hydrogen) atoms. The van der Waals surface area contributed by atoms with Crippen LogP contribution in [-0.2, 0) is 22.4 Å². The molecule has 3 aliphatic rings. The summed E-state index contributed by atoms with van der Waals surface area (Å²) in [7, 11) is 0. The predicted molar refractivity (Wildman–Crippen MR) is 202 cm³/mol. The Morgan fingerprint density at radius 3 is 1.46 bits per heavy atom. The maximum absolute atomic E-state index is 14.0. The lowest BCUT2D eigenvalue weighted by Gasteiger charge is -2.26. The zero-order valence-electron chi connectivity index (χ0n) is 27.6. The molecule has 1 N–H and O–H groups in total. The molecule has 4 aromatic carbocycles. The smallest absolute Gasteiger partial charge is 0.282 e. The van der Waals surface area contributed by atoms with Gasteiger partial charge >= 0.3 is 0 Å². The van der Waals surface area contributed by atoms with Crippen LogP contribution >= 0.6 is 11.8 Å². The number of hydrogen-bond donors (Lipinski definition) is 1. The van der Waals surface area contributed by atoms with Crippen LogP contribution in [0, 0.1) is 0 Å². The second-order valence-corrected chi connectivity index (χ2v) is 13.3. The lowest BCUT2D eigenvalue weighted by molar-refractivity contribution is -0.114. The summed E-state index contributed by atoms with van der Waals surface area (Å²) in [5.41, 5.74) is 5.61. The Bertz CT molecular complexity index is 2280. The molecule has 0 fully saturated rings. The molecule has 252 valence electrons. The molecular weight excluding hydrogens is 671 g/mol. The first-order chi connectivity index (χ1) is 25.6. The Morgan fingerprint density at radius 2 is 1.04 bits per heavy atom. The molecule has 0 unspecified atom stereocenters. The average Bonchev–Trinajstić information content (AvgIpc) is 4.01. The molecule has 0 saturated heterocycles. The van der Waals surface area contributed by atoms with E-state index in [4.69, 9.17) is 18.8 Å². The number of carbonyl (C=O) groups excluding carboxylic acids is 2. The summed E-state index contributed by atoms with van der Waals surface area (Å²) in [5, 5.41) is 3.54. The van der Waals surface area contributed by atoms with Crippen molar-refractivity contribution in [1.82, 2.24) is 0 Å². The van der Waals surface area contributed by atoms with Gasteiger partial charge in [-0.2, -0.15) is 0 Å². The first-order valence-electron chi connectivity index (χ1n) is 16.7. The van der Waals surface area contributed by atoms with E-state index in [0.29, 0.717) is 47.3 Å². The highest BCUT2D eigenvalue weighted by atomic mass is 32.2. The lowest BCUT2D eigenvalue weighted by Crippen LogP contribution is -2.33. The van der Waals surface area contributed by atoms with Gasteiger partial charge in [0, 0.05) is 33.8 Å². The molecule has 0 bridgehead atoms. The topological polar surface area (TPSA) is 104 Å². The summed E-state index contributed by atoms with van der Waals surface area (Å²) in [5.74, 6) is 2.20. The Hall–Kier alpha value is -6.65. The standard InChI is InChI=1S/C42H29N5O4S/c48-41-35(21-17-31-13-7-23-50-31)44-39(27-9-3-1-4-10-27)46(41)29-15-19-33-37(25-29)52-38-26-30(16-20-34(38)43-33)47-40(28-11-5-2-6-12-28)45-36(42(47)49)22-18-32-14-8-24-51-32/h1-16,19-26,43H,17-18H2/b35-21-,36-22-. The van der Waals surface area contributed by atoms with Crippen molar-refractivity contribution in [3.05, 3.63) is 180 Å². The molecule has 0 spiro atoms. The van der Waals surface area contributed by atoms with Crippen LogP contribution in [0.2, 0.25) is 0 Å². The van der Waals surface area contributed by atoms with E-state index in [1.807, 2.05) is 121 Å². The van der Waals surface area contributed by atoms with E-state index in [-0.39, 0.29) is 11.8 Å². The van der Waals surface area contributed by atoms with Crippen LogP contribution in [0.25, 0.3) is 0 Å². The number of hydrogen-bond acceptors (Lipinski definition) is 8. The summed E-state index contributed by atoms with van der Waals surface area (Å²) in [6, 6.07) is 38.6. The number of amidine groups is 2. The molecule has 9 rings (SSSR count). The number of nitrogens with one attached hydrogen (secondary N) is 1. The molecular formula is C42H29N5O4S. The highest BCUT2D eigenvalue weighted by molar-refractivity contribution is 7.99. The molecule has 2 amide bonds. The number of anilines is 4. The van der Waals surface area contributed by atoms with Crippen molar-refractivity contribution >= 4 is 58.0 Å². The van der Waals surface area contributed by atoms with Gasteiger partial charge in [0.1, 0.15) is 34.6 Å². The highest BCUT2D eigenvalue weighted by Crippen LogP contribution is 2.47. The maximum Gasteiger partial charge on any atom is 0.282 e. The van der Waals surface area contributed by atoms with Gasteiger partial charge in [0.15, 0.2) is 0 Å². The van der Waals surface area contributed by atoms with E-state index in [1.165, 1.54) is 0 Å². The van der Waals surface area contributed by atoms with Gasteiger partial charge in [-0.05, 0) is 72.8 Å². The first kappa shape index (κ1) is 31.3. The molecule has 2 aromatic heterocycles. The van der Waals surface area contributed by atoms with Crippen LogP contribution in [0.4, 0.5) is 22.7 Å². The number of rotatable bonds is 8. The Kier molecular flexibility index (Phi) is 7.98. The second-order valence-electron chi connectivity index (χ2n) is 12.2. The summed E-state index contributed by atoms with van der Waals surface area (Å²) in [6.45, 7) is 0. The average molecular weight is 700 g/mol. The number of amides is 2. The van der Waals surface area contributed by atoms with Crippen LogP contribution in [0.5, 0.6) is 0 Å². The molecule has 3 aliphatic heterocycles. The molecule has 0 atom stereocenters. The van der Waals surface area contributed by atoms with E-state index < -0.39 is 0 Å². The van der Waals surface area contributed by atoms with E-state index in [0.717, 1.165) is 43.8 Å². The van der Waals surface area contributed by atoms with Crippen molar-refractivity contribution in [1.29, 1.82) is 0 Å². The van der Waals surface area contributed by atoms with E-state index >= 15 is 0 Å². The minimum atomic E-state index is -0.210. The second kappa shape index (κ2) is 13.2. The summed E-state index contributed by atoms with van der Waals surface area (Å²) in [4.78, 5) is 42.7. The van der Waals surface area contributed by atoms with E-state index in [2.05, 4.69) is 5.32 Å². The first-order valence-corrected chi connectivity index (χ1v) is 17.6. The molecule has 0 saturated carbocycles. The lowest BCUT2D eigenvalue weighted by atomic mass is 10.1. The highest BCUT2D eigenvalue weighted by Gasteiger charge is 2.35. The van der Waals surface area contributed by atoms with Gasteiger partial charge in [-0.1, -0.05) is 72.4 Å². The molecule has 0 radical (unpaired) electrons. The van der Waals surface area contributed by atoms with Crippen molar-refractivity contribution in [2.75, 3.05) is 15.1 Å². The van der Waals surface area contributed by atoms with Crippen LogP contribution in [0.3, 0.4) is 0 Å². The Balaban J connectivity index is 1.03. The minimum absolute atomic E-state index is 0.210. The maximum atomic E-state index is 14.0. The number of allylic oxidation sites excluding steroid dienone is 2. The molecule has 10 heteroatoms. The third-order valence-electron chi connectivity index (χ3n) is 8.87. The van der Waals surface area contributed by atoms with Gasteiger partial charge in [-0.3, -0.25) is 19.4 Å². The Morgan fingerprint density at radius 1 is 0.577 bits per heavy atom. The van der Waals surface area contributed by atoms with Crippen molar-refractivity contribution < 1.29 is 18.4 Å². The van der Waals surface area contributed by atoms with Crippen molar-refractivity contribution in [3.63, 3.8) is 0 Å². The molecule has 6 aromatic rings. The van der Waals surface area contributed by atoms with Gasteiger partial charge in [0.25, 0.3) is 11.8 Å². The van der Waals surface area contributed by atoms with Crippen molar-refractivity contribution in [3.8, 4) is 0 Å². The number of carbonyl (C=O) groups is 2. The SMILES string of the molecule is O=C1/C(=C/Cc2ccco2)N=C(c2ccccc2)N1c1ccc2c(c1)Sc1cc(N3C(=O)/C(=C/Cc4ccco4)N=C3c3ccccc3)ccc1N2. The number of furan rings is 2. The number of nitrogens with zero attached hydrogens (tertiary/aromatic N) is 4. The Labute approximate surface area is 303 Å². The van der Waals surface area contributed by atoms with Crippen LogP contribution < -0.4 is 15.1 Å². The fraction of sp³-hybridized carbons (Fsp3) is 0.0476. The largest absolute Gasteiger partial charge is 0.469 e. The summed E-state index contributed by atoms with van der Waals surface area (Å²) in [6.07, 6.45) is 7.75. The zero-order valence-corrected chi connectivity index (χ0v) is 28.4. The molecule has 5 heterocycles. The van der Waals surface area contributed by atoms with E-state index in [9.17, 15) is 9.59 Å². The zero-order chi connectivity index (χ0) is 35.0. The third kappa shape index (κ3) is 5.84. The van der Waals surface area contributed by atoms with Gasteiger partial charge in [-0.15, -0.1) is 0 Å². The fourth-order valence-electron chi connectivity index (χ4n) is 6.34. The summed E-state index contributed by atoms with van der Waals surface area (Å²) >= 11 is 1.57. The van der Waals surface area contributed by atoms with Crippen molar-refractivity contribution in [2.24, 2.45) is 9.98 Å². The van der Waals surface area contributed by atoms with Gasteiger partial charge in [0.05, 0.1) is 35.3 Å². The quantitative estimate of drug-likeness (QED) is 0.159. The minimum Gasteiger partial charge on any atom is -0.469 e. The van der Waals surface area contributed by atoms with Crippen LogP contribution in [0.1, 0.15) is 22.6 Å². The third-order valence-corrected chi connectivity index (χ3v) is 9.99. The number of aliphatic imine (C=N–C) groups is 2. The molecule has 9 nitrogen and oxygen atoms in total. The van der Waals surface area contributed by atoms with Crippen LogP contribution in [-0.4, -0.2) is 23.5 Å². The predicted octanol–water partition coefficient (Wildman–Crippen LogP) is 8.92. The monoisotopic (exact) mass is 699 g/mol. The molecule has 0 aliphatic carbocycles. The normalized spacial score (nSPS) is 16.6. The summed E-state index contributed by atoms with van der Waals surface area (Å²) < 4.78 is 11.0. The fourth-order valence-corrected chi connectivity index (χ4v) is 7.40. The van der Waals surface area contributed by atoms with Gasteiger partial charge < -0.3 is 14.2 Å². The number of fused-ring (bicyclic) bond motifs is 2. The van der Waals surface area contributed by atoms with Gasteiger partial charge in [0.2, 0.25) is 0 Å². The van der Waals surface area contributed by atoms with E-state index in [1.54, 1.807) is 46.2 Å². The van der Waals surface area contributed by atoms with Crippen LogP contribution in [0.15, 0.2) is 186 Å².